The molecule has 13 heavy (non-hydrogen) atoms. The van der Waals surface area contributed by atoms with Gasteiger partial charge in [-0.3, -0.25) is 0 Å². The number of nitrogens with zero attached hydrogens (tertiary/aromatic N) is 2. The summed E-state index contributed by atoms with van der Waals surface area (Å²) < 4.78 is 12.4. The Morgan fingerprint density at radius 1 is 1.38 bits per heavy atom. The van der Waals surface area contributed by atoms with Gasteiger partial charge in [0.05, 0.1) is 12.4 Å². The van der Waals surface area contributed by atoms with Gasteiger partial charge in [-0.1, -0.05) is 0 Å². The monoisotopic (exact) mass is 201 g/mol. The molecule has 2 rings (SSSR count). The molecule has 5 heteroatoms. The van der Waals surface area contributed by atoms with Crippen molar-refractivity contribution in [2.45, 2.75) is 24.3 Å². The van der Waals surface area contributed by atoms with E-state index in [0.717, 1.165) is 25.2 Å². The Hall–Kier alpha value is -0.900. The summed E-state index contributed by atoms with van der Waals surface area (Å²) in [5, 5.41) is 3.32. The second-order valence-electron chi connectivity index (χ2n) is 3.13. The number of anilines is 1. The van der Waals surface area contributed by atoms with Gasteiger partial charge >= 0.3 is 0 Å². The van der Waals surface area contributed by atoms with Crippen LogP contribution in [-0.2, 0) is 0 Å². The first-order valence-electron chi connectivity index (χ1n) is 4.12. The van der Waals surface area contributed by atoms with Crippen molar-refractivity contribution >= 4 is 17.5 Å². The Morgan fingerprint density at radius 3 is 2.54 bits per heavy atom. The minimum atomic E-state index is -0.422. The van der Waals surface area contributed by atoms with E-state index in [4.69, 9.17) is 11.6 Å². The minimum Gasteiger partial charge on any atom is -0.351 e. The number of nitrogens with one attached hydrogen (secondary N) is 1. The van der Waals surface area contributed by atoms with Crippen molar-refractivity contribution in [1.82, 2.24) is 9.97 Å². The van der Waals surface area contributed by atoms with Crippen LogP contribution >= 0.6 is 11.6 Å². The quantitative estimate of drug-likeness (QED) is 0.742. The van der Waals surface area contributed by atoms with Gasteiger partial charge in [0.2, 0.25) is 5.95 Å². The summed E-state index contributed by atoms with van der Waals surface area (Å²) >= 11 is 5.79. The van der Waals surface area contributed by atoms with Crippen molar-refractivity contribution < 1.29 is 4.39 Å². The van der Waals surface area contributed by atoms with E-state index in [1.54, 1.807) is 0 Å². The maximum absolute atomic E-state index is 12.4. The van der Waals surface area contributed by atoms with Crippen LogP contribution in [0.1, 0.15) is 12.8 Å². The average Bonchev–Trinajstić information content (AvgIpc) is 2.06. The van der Waals surface area contributed by atoms with Crippen LogP contribution in [0.15, 0.2) is 12.4 Å². The molecule has 0 spiro atoms. The second-order valence-corrected chi connectivity index (χ2v) is 3.75. The van der Waals surface area contributed by atoms with Crippen molar-refractivity contribution in [3.05, 3.63) is 18.2 Å². The van der Waals surface area contributed by atoms with Crippen molar-refractivity contribution in [3.63, 3.8) is 0 Å². The van der Waals surface area contributed by atoms with E-state index in [9.17, 15) is 4.39 Å². The zero-order chi connectivity index (χ0) is 9.26. The highest BCUT2D eigenvalue weighted by Crippen LogP contribution is 2.27. The van der Waals surface area contributed by atoms with E-state index >= 15 is 0 Å². The van der Waals surface area contributed by atoms with Crippen molar-refractivity contribution in [2.24, 2.45) is 0 Å². The maximum Gasteiger partial charge on any atom is 0.222 e. The fourth-order valence-corrected chi connectivity index (χ4v) is 1.67. The molecule has 1 aliphatic carbocycles. The first kappa shape index (κ1) is 8.69. The molecule has 1 saturated carbocycles. The molecule has 70 valence electrons. The van der Waals surface area contributed by atoms with Crippen LogP contribution in [0.5, 0.6) is 0 Å². The van der Waals surface area contributed by atoms with Crippen LogP contribution in [0.3, 0.4) is 0 Å². The molecule has 3 nitrogen and oxygen atoms in total. The van der Waals surface area contributed by atoms with Crippen LogP contribution in [0.25, 0.3) is 0 Å². The number of rotatable bonds is 2. The highest BCUT2D eigenvalue weighted by atomic mass is 35.5. The van der Waals surface area contributed by atoms with Crippen molar-refractivity contribution in [3.8, 4) is 0 Å². The summed E-state index contributed by atoms with van der Waals surface area (Å²) in [6.07, 6.45) is 4.13. The molecule has 1 aromatic heterocycles. The van der Waals surface area contributed by atoms with E-state index < -0.39 is 5.82 Å². The van der Waals surface area contributed by atoms with Crippen LogP contribution in [0.4, 0.5) is 10.3 Å². The van der Waals surface area contributed by atoms with Gasteiger partial charge in [0.15, 0.2) is 5.82 Å². The average molecular weight is 202 g/mol. The lowest BCUT2D eigenvalue weighted by Crippen LogP contribution is -2.36. The van der Waals surface area contributed by atoms with E-state index in [0.29, 0.717) is 12.0 Å². The van der Waals surface area contributed by atoms with E-state index in [1.165, 1.54) is 0 Å². The number of aromatic nitrogens is 2. The molecule has 0 aromatic carbocycles. The van der Waals surface area contributed by atoms with Gasteiger partial charge in [0.25, 0.3) is 0 Å². The molecular formula is C8H9ClFN3. The fraction of sp³-hybridized carbons (Fsp3) is 0.500. The lowest BCUT2D eigenvalue weighted by atomic mass is 9.93. The lowest BCUT2D eigenvalue weighted by Gasteiger charge is -2.31. The summed E-state index contributed by atoms with van der Waals surface area (Å²) in [7, 11) is 0. The predicted octanol–water partition coefficient (Wildman–Crippen LogP) is 1.80. The van der Waals surface area contributed by atoms with Gasteiger partial charge < -0.3 is 5.32 Å². The fourth-order valence-electron chi connectivity index (χ4n) is 1.24. The topological polar surface area (TPSA) is 37.8 Å². The third kappa shape index (κ3) is 2.06. The largest absolute Gasteiger partial charge is 0.351 e. The summed E-state index contributed by atoms with van der Waals surface area (Å²) in [6, 6.07) is 0.341. The Labute approximate surface area is 80.3 Å². The molecule has 0 aliphatic heterocycles. The van der Waals surface area contributed by atoms with Gasteiger partial charge in [0.1, 0.15) is 0 Å². The first-order valence-corrected chi connectivity index (χ1v) is 4.56. The van der Waals surface area contributed by atoms with Crippen LogP contribution in [-0.4, -0.2) is 21.4 Å². The third-order valence-corrected chi connectivity index (χ3v) is 2.39. The molecule has 1 aromatic rings. The summed E-state index contributed by atoms with van der Waals surface area (Å²) in [4.78, 5) is 7.57. The van der Waals surface area contributed by atoms with E-state index in [-0.39, 0.29) is 5.38 Å². The van der Waals surface area contributed by atoms with E-state index in [2.05, 4.69) is 15.3 Å². The molecule has 1 heterocycles. The van der Waals surface area contributed by atoms with Gasteiger partial charge in [-0.25, -0.2) is 14.4 Å². The van der Waals surface area contributed by atoms with Crippen LogP contribution < -0.4 is 5.32 Å². The highest BCUT2D eigenvalue weighted by molar-refractivity contribution is 6.21. The zero-order valence-electron chi connectivity index (χ0n) is 6.87. The van der Waals surface area contributed by atoms with Gasteiger partial charge in [-0.05, 0) is 12.8 Å². The van der Waals surface area contributed by atoms with Crippen molar-refractivity contribution in [2.75, 3.05) is 5.32 Å². The molecule has 0 amide bonds. The molecule has 1 aliphatic rings. The summed E-state index contributed by atoms with van der Waals surface area (Å²) in [5.74, 6) is 0.0457. The predicted molar refractivity (Wildman–Crippen MR) is 48.3 cm³/mol. The normalized spacial score (nSPS) is 26.6. The maximum atomic E-state index is 12.4. The SMILES string of the molecule is Fc1cnc(NC2CC(Cl)C2)nc1. The zero-order valence-corrected chi connectivity index (χ0v) is 7.63. The Morgan fingerprint density at radius 2 is 2.00 bits per heavy atom. The molecule has 0 atom stereocenters. The Kier molecular flexibility index (Phi) is 2.31. The molecule has 0 radical (unpaired) electrons. The van der Waals surface area contributed by atoms with Gasteiger partial charge in [0, 0.05) is 11.4 Å². The smallest absolute Gasteiger partial charge is 0.222 e. The first-order chi connectivity index (χ1) is 6.24. The highest BCUT2D eigenvalue weighted by Gasteiger charge is 2.27. The minimum absolute atomic E-state index is 0.262. The third-order valence-electron chi connectivity index (χ3n) is 2.03. The molecule has 1 fully saturated rings. The number of hydrogen-bond acceptors (Lipinski definition) is 3. The molecular weight excluding hydrogens is 193 g/mol. The number of halogens is 2. The van der Waals surface area contributed by atoms with Crippen LogP contribution in [0, 0.1) is 5.82 Å². The van der Waals surface area contributed by atoms with Gasteiger partial charge in [-0.15, -0.1) is 11.6 Å². The standard InChI is InChI=1S/C8H9ClFN3/c9-5-1-7(2-5)13-8-11-3-6(10)4-12-8/h3-5,7H,1-2H2,(H,11,12,13). The van der Waals surface area contributed by atoms with Crippen molar-refractivity contribution in [1.29, 1.82) is 0 Å². The Balaban J connectivity index is 1.91. The molecule has 0 unspecified atom stereocenters. The van der Waals surface area contributed by atoms with E-state index in [1.807, 2.05) is 0 Å². The lowest BCUT2D eigenvalue weighted by molar-refractivity contribution is 0.452. The van der Waals surface area contributed by atoms with Crippen LogP contribution in [0.2, 0.25) is 0 Å². The molecule has 0 saturated heterocycles. The molecule has 0 bridgehead atoms. The summed E-state index contributed by atoms with van der Waals surface area (Å²) in [5.41, 5.74) is 0. The Bertz CT molecular complexity index is 284. The van der Waals surface area contributed by atoms with Gasteiger partial charge in [-0.2, -0.15) is 0 Å². The second kappa shape index (κ2) is 3.46. The number of hydrogen-bond donors (Lipinski definition) is 1. The molecule has 1 N–H and O–H groups in total. The summed E-state index contributed by atoms with van der Waals surface area (Å²) in [6.45, 7) is 0. The number of alkyl halides is 1.